The van der Waals surface area contributed by atoms with Crippen molar-refractivity contribution in [3.05, 3.63) is 0 Å². The minimum Gasteiger partial charge on any atom is -0.381 e. The Morgan fingerprint density at radius 3 is 2.40 bits per heavy atom. The van der Waals surface area contributed by atoms with Gasteiger partial charge in [0, 0.05) is 13.2 Å². The van der Waals surface area contributed by atoms with E-state index in [1.165, 1.54) is 11.9 Å². The standard InChI is InChI=1S/C10H18F3NO/c1-14(8-10(11,12)13)5-2-9-3-6-15-7-4-9/h9H,2-8H2,1H3. The van der Waals surface area contributed by atoms with Crippen molar-refractivity contribution in [1.29, 1.82) is 0 Å². The second-order valence-corrected chi connectivity index (χ2v) is 4.20. The highest BCUT2D eigenvalue weighted by molar-refractivity contribution is 4.66. The second-order valence-electron chi connectivity index (χ2n) is 4.20. The number of alkyl halides is 3. The number of hydrogen-bond acceptors (Lipinski definition) is 2. The van der Waals surface area contributed by atoms with E-state index in [1.54, 1.807) is 0 Å². The van der Waals surface area contributed by atoms with E-state index in [9.17, 15) is 13.2 Å². The fourth-order valence-electron chi connectivity index (χ4n) is 1.82. The average molecular weight is 225 g/mol. The van der Waals surface area contributed by atoms with E-state index in [2.05, 4.69) is 0 Å². The van der Waals surface area contributed by atoms with Gasteiger partial charge < -0.3 is 4.74 Å². The van der Waals surface area contributed by atoms with Crippen LogP contribution >= 0.6 is 0 Å². The molecule has 0 aromatic heterocycles. The quantitative estimate of drug-likeness (QED) is 0.728. The Balaban J connectivity index is 2.12. The summed E-state index contributed by atoms with van der Waals surface area (Å²) in [7, 11) is 1.52. The highest BCUT2D eigenvalue weighted by Gasteiger charge is 2.29. The van der Waals surface area contributed by atoms with Crippen molar-refractivity contribution in [1.82, 2.24) is 4.90 Å². The van der Waals surface area contributed by atoms with Gasteiger partial charge in [-0.15, -0.1) is 0 Å². The molecular weight excluding hydrogens is 207 g/mol. The third-order valence-electron chi connectivity index (χ3n) is 2.71. The van der Waals surface area contributed by atoms with Crippen molar-refractivity contribution in [2.75, 3.05) is 33.4 Å². The van der Waals surface area contributed by atoms with E-state index in [-0.39, 0.29) is 0 Å². The zero-order valence-electron chi connectivity index (χ0n) is 9.02. The lowest BCUT2D eigenvalue weighted by atomic mass is 9.96. The topological polar surface area (TPSA) is 12.5 Å². The minimum atomic E-state index is -4.08. The monoisotopic (exact) mass is 225 g/mol. The van der Waals surface area contributed by atoms with Gasteiger partial charge in [-0.3, -0.25) is 4.90 Å². The molecule has 15 heavy (non-hydrogen) atoms. The van der Waals surface area contributed by atoms with Crippen LogP contribution in [0.1, 0.15) is 19.3 Å². The van der Waals surface area contributed by atoms with E-state index in [4.69, 9.17) is 4.74 Å². The van der Waals surface area contributed by atoms with Crippen LogP contribution in [0.4, 0.5) is 13.2 Å². The molecule has 0 saturated carbocycles. The van der Waals surface area contributed by atoms with Gasteiger partial charge in [-0.2, -0.15) is 13.2 Å². The van der Waals surface area contributed by atoms with Crippen LogP contribution in [0.2, 0.25) is 0 Å². The van der Waals surface area contributed by atoms with Gasteiger partial charge >= 0.3 is 6.18 Å². The van der Waals surface area contributed by atoms with Gasteiger partial charge in [-0.1, -0.05) is 0 Å². The minimum absolute atomic E-state index is 0.518. The number of hydrogen-bond donors (Lipinski definition) is 0. The molecule has 0 amide bonds. The summed E-state index contributed by atoms with van der Waals surface area (Å²) in [6.07, 6.45) is -1.26. The Bertz CT molecular complexity index is 178. The molecule has 90 valence electrons. The van der Waals surface area contributed by atoms with E-state index < -0.39 is 12.7 Å². The maximum absolute atomic E-state index is 12.0. The van der Waals surface area contributed by atoms with Gasteiger partial charge in [0.1, 0.15) is 0 Å². The van der Waals surface area contributed by atoms with Crippen molar-refractivity contribution in [2.24, 2.45) is 5.92 Å². The van der Waals surface area contributed by atoms with Crippen LogP contribution in [0.3, 0.4) is 0 Å². The second kappa shape index (κ2) is 5.70. The Hall–Kier alpha value is -0.290. The lowest BCUT2D eigenvalue weighted by Gasteiger charge is -2.25. The molecule has 5 heteroatoms. The van der Waals surface area contributed by atoms with Crippen LogP contribution in [-0.2, 0) is 4.74 Å². The largest absolute Gasteiger partial charge is 0.401 e. The number of rotatable bonds is 4. The highest BCUT2D eigenvalue weighted by atomic mass is 19.4. The fraction of sp³-hybridized carbons (Fsp3) is 1.00. The molecular formula is C10H18F3NO. The number of ether oxygens (including phenoxy) is 1. The predicted molar refractivity (Wildman–Crippen MR) is 51.7 cm³/mol. The van der Waals surface area contributed by atoms with Gasteiger partial charge in [0.25, 0.3) is 0 Å². The highest BCUT2D eigenvalue weighted by Crippen LogP contribution is 2.20. The molecule has 1 saturated heterocycles. The first-order chi connectivity index (χ1) is 6.97. The molecule has 0 aromatic rings. The van der Waals surface area contributed by atoms with E-state index in [0.29, 0.717) is 12.5 Å². The van der Waals surface area contributed by atoms with Crippen molar-refractivity contribution in [2.45, 2.75) is 25.4 Å². The summed E-state index contributed by atoms with van der Waals surface area (Å²) < 4.78 is 41.2. The maximum atomic E-state index is 12.0. The van der Waals surface area contributed by atoms with Crippen LogP contribution in [0.5, 0.6) is 0 Å². The zero-order valence-corrected chi connectivity index (χ0v) is 9.02. The Morgan fingerprint density at radius 2 is 1.87 bits per heavy atom. The molecule has 0 atom stereocenters. The molecule has 1 heterocycles. The van der Waals surface area contributed by atoms with Crippen LogP contribution in [0.25, 0.3) is 0 Å². The average Bonchev–Trinajstić information content (AvgIpc) is 2.14. The summed E-state index contributed by atoms with van der Waals surface area (Å²) in [6, 6.07) is 0. The first kappa shape index (κ1) is 12.8. The van der Waals surface area contributed by atoms with E-state index in [1.807, 2.05) is 0 Å². The molecule has 0 N–H and O–H groups in total. The molecule has 0 spiro atoms. The Kier molecular flexibility index (Phi) is 4.86. The summed E-state index contributed by atoms with van der Waals surface area (Å²) >= 11 is 0. The molecule has 1 aliphatic rings. The molecule has 1 rings (SSSR count). The number of nitrogens with zero attached hydrogens (tertiary/aromatic N) is 1. The molecule has 1 fully saturated rings. The van der Waals surface area contributed by atoms with Crippen LogP contribution < -0.4 is 0 Å². The van der Waals surface area contributed by atoms with Crippen molar-refractivity contribution in [3.8, 4) is 0 Å². The predicted octanol–water partition coefficient (Wildman–Crippen LogP) is 2.30. The van der Waals surface area contributed by atoms with Gasteiger partial charge in [0.15, 0.2) is 0 Å². The van der Waals surface area contributed by atoms with Gasteiger partial charge in [0.05, 0.1) is 6.54 Å². The Morgan fingerprint density at radius 1 is 1.27 bits per heavy atom. The van der Waals surface area contributed by atoms with Crippen molar-refractivity contribution < 1.29 is 17.9 Å². The Labute approximate surface area is 88.4 Å². The van der Waals surface area contributed by atoms with Crippen LogP contribution in [-0.4, -0.2) is 44.4 Å². The van der Waals surface area contributed by atoms with Crippen LogP contribution in [0.15, 0.2) is 0 Å². The van der Waals surface area contributed by atoms with Gasteiger partial charge in [-0.05, 0) is 38.8 Å². The number of halogens is 3. The third kappa shape index (κ3) is 5.99. The zero-order chi connectivity index (χ0) is 11.3. The fourth-order valence-corrected chi connectivity index (χ4v) is 1.82. The normalized spacial score (nSPS) is 19.8. The molecule has 0 bridgehead atoms. The molecule has 2 nitrogen and oxygen atoms in total. The van der Waals surface area contributed by atoms with Gasteiger partial charge in [-0.25, -0.2) is 0 Å². The molecule has 0 radical (unpaired) electrons. The summed E-state index contributed by atoms with van der Waals surface area (Å²) in [5.74, 6) is 0.537. The van der Waals surface area contributed by atoms with Crippen LogP contribution in [0, 0.1) is 5.92 Å². The smallest absolute Gasteiger partial charge is 0.381 e. The SMILES string of the molecule is CN(CCC1CCOCC1)CC(F)(F)F. The third-order valence-corrected chi connectivity index (χ3v) is 2.71. The molecule has 0 aliphatic carbocycles. The van der Waals surface area contributed by atoms with Gasteiger partial charge in [0.2, 0.25) is 0 Å². The summed E-state index contributed by atoms with van der Waals surface area (Å²) in [5, 5.41) is 0. The first-order valence-electron chi connectivity index (χ1n) is 5.30. The first-order valence-corrected chi connectivity index (χ1v) is 5.30. The summed E-state index contributed by atoms with van der Waals surface area (Å²) in [6.45, 7) is 1.22. The molecule has 1 aliphatic heterocycles. The lowest BCUT2D eigenvalue weighted by molar-refractivity contribution is -0.143. The maximum Gasteiger partial charge on any atom is 0.401 e. The van der Waals surface area contributed by atoms with Crippen molar-refractivity contribution >= 4 is 0 Å². The molecule has 0 unspecified atom stereocenters. The molecule has 0 aromatic carbocycles. The summed E-state index contributed by atoms with van der Waals surface area (Å²) in [4.78, 5) is 1.34. The summed E-state index contributed by atoms with van der Waals surface area (Å²) in [5.41, 5.74) is 0. The lowest BCUT2D eigenvalue weighted by Crippen LogP contribution is -2.33. The van der Waals surface area contributed by atoms with E-state index in [0.717, 1.165) is 32.5 Å². The van der Waals surface area contributed by atoms with E-state index >= 15 is 0 Å². The van der Waals surface area contributed by atoms with Crippen molar-refractivity contribution in [3.63, 3.8) is 0 Å².